The number of aliphatic hydroxyl groups is 1. The molecule has 0 saturated heterocycles. The van der Waals surface area contributed by atoms with Crippen LogP contribution in [0, 0.1) is 31.7 Å². The van der Waals surface area contributed by atoms with Crippen LogP contribution < -0.4 is 0 Å². The van der Waals surface area contributed by atoms with Gasteiger partial charge in [0.15, 0.2) is 5.78 Å². The smallest absolute Gasteiger partial charge is 0.162 e. The van der Waals surface area contributed by atoms with Crippen molar-refractivity contribution in [2.45, 2.75) is 67.2 Å². The van der Waals surface area contributed by atoms with Crippen molar-refractivity contribution in [2.75, 3.05) is 0 Å². The molecule has 0 aliphatic heterocycles. The first-order valence-corrected chi connectivity index (χ1v) is 14.9. The van der Waals surface area contributed by atoms with Crippen molar-refractivity contribution in [3.05, 3.63) is 96.4 Å². The number of fused-ring (bicyclic) bond motifs is 2. The number of aromatic nitrogens is 4. The van der Waals surface area contributed by atoms with Gasteiger partial charge in [0.05, 0.1) is 5.76 Å². The summed E-state index contributed by atoms with van der Waals surface area (Å²) in [5.74, 6) is 2.27. The minimum Gasteiger partial charge on any atom is -0.512 e. The minimum atomic E-state index is 0. The van der Waals surface area contributed by atoms with Gasteiger partial charge in [-0.3, -0.25) is 14.3 Å². The van der Waals surface area contributed by atoms with Crippen molar-refractivity contribution >= 4 is 27.3 Å². The summed E-state index contributed by atoms with van der Waals surface area (Å²) in [6.45, 7) is 12.0. The van der Waals surface area contributed by atoms with Crippen LogP contribution in [0.2, 0.25) is 0 Å². The van der Waals surface area contributed by atoms with E-state index in [1.165, 1.54) is 11.5 Å². The van der Waals surface area contributed by atoms with Crippen LogP contribution in [0.4, 0.5) is 0 Å². The molecular weight excluding hydrogens is 713 g/mol. The van der Waals surface area contributed by atoms with E-state index in [1.54, 1.807) is 0 Å². The maximum Gasteiger partial charge on any atom is 0.162 e. The maximum atomic E-state index is 11.7. The van der Waals surface area contributed by atoms with Gasteiger partial charge in [-0.15, -0.1) is 27.7 Å². The van der Waals surface area contributed by atoms with Gasteiger partial charge in [0.2, 0.25) is 0 Å². The van der Waals surface area contributed by atoms with Gasteiger partial charge in [-0.25, -0.2) is 0 Å². The standard InChI is InChI=1S/C23H17N4.C13H24O2.Ir/c1-15-25-26-16(2)27(15)23-13-20(11-18-8-5-6-10-21(18)23)22-12-17-7-3-4-9-19(17)14-24-22;1-5-10(6-2)12(14)9-13(15)11(7-3)8-4;/h3-10,12-14H,1-2H3;9-11,14H,5-8H2,1-4H3;/q-1;;/b;12-9-;. The summed E-state index contributed by atoms with van der Waals surface area (Å²) in [5.41, 5.74) is 2.92. The monoisotopic (exact) mass is 754 g/mol. The molecular formula is C36H41IrN4O2-. The number of nitrogens with zero attached hydrogens (tertiary/aromatic N) is 4. The largest absolute Gasteiger partial charge is 0.512 e. The second-order valence-corrected chi connectivity index (χ2v) is 10.7. The summed E-state index contributed by atoms with van der Waals surface area (Å²) in [5, 5.41) is 22.7. The number of hydrogen-bond donors (Lipinski definition) is 1. The van der Waals surface area contributed by atoms with Crippen LogP contribution in [0.25, 0.3) is 38.5 Å². The average molecular weight is 754 g/mol. The first kappa shape index (κ1) is 33.8. The molecule has 227 valence electrons. The molecule has 5 aromatic rings. The normalized spacial score (nSPS) is 11.5. The maximum absolute atomic E-state index is 11.7. The van der Waals surface area contributed by atoms with Crippen LogP contribution >= 0.6 is 0 Å². The quantitative estimate of drug-likeness (QED) is 0.0924. The first-order chi connectivity index (χ1) is 20.3. The third-order valence-electron chi connectivity index (χ3n) is 7.97. The third kappa shape index (κ3) is 7.84. The van der Waals surface area contributed by atoms with E-state index in [0.717, 1.165) is 70.4 Å². The molecule has 2 heterocycles. The molecule has 0 atom stereocenters. The molecule has 3 aromatic carbocycles. The van der Waals surface area contributed by atoms with Crippen LogP contribution in [-0.2, 0) is 24.9 Å². The Balaban J connectivity index is 0.000000274. The van der Waals surface area contributed by atoms with Crippen LogP contribution in [0.3, 0.4) is 0 Å². The Labute approximate surface area is 268 Å². The van der Waals surface area contributed by atoms with Gasteiger partial charge < -0.3 is 5.11 Å². The predicted octanol–water partition coefficient (Wildman–Crippen LogP) is 8.92. The van der Waals surface area contributed by atoms with E-state index in [4.69, 9.17) is 0 Å². The molecule has 43 heavy (non-hydrogen) atoms. The summed E-state index contributed by atoms with van der Waals surface area (Å²) in [4.78, 5) is 16.4. The molecule has 6 nitrogen and oxygen atoms in total. The summed E-state index contributed by atoms with van der Waals surface area (Å²) in [6, 6.07) is 24.3. The molecule has 7 heteroatoms. The topological polar surface area (TPSA) is 80.9 Å². The SMILES string of the molecule is CCC(CC)C(=O)/C=C(\O)C(CC)CC.Cc1nnc(C)n1-c1cc(-c2cc3ccccc3cn2)[c-]c2ccccc12.[Ir]. The summed E-state index contributed by atoms with van der Waals surface area (Å²) in [6.07, 6.45) is 6.83. The van der Waals surface area contributed by atoms with Gasteiger partial charge in [-0.2, -0.15) is 0 Å². The van der Waals surface area contributed by atoms with Crippen molar-refractivity contribution < 1.29 is 30.0 Å². The molecule has 0 aliphatic rings. The molecule has 5 rings (SSSR count). The number of aryl methyl sites for hydroxylation is 2. The molecule has 1 radical (unpaired) electrons. The Bertz CT molecular complexity index is 1680. The number of rotatable bonds is 9. The van der Waals surface area contributed by atoms with Crippen molar-refractivity contribution in [3.8, 4) is 16.9 Å². The molecule has 0 spiro atoms. The Morgan fingerprint density at radius 3 is 2.07 bits per heavy atom. The zero-order valence-corrected chi connectivity index (χ0v) is 28.3. The Morgan fingerprint density at radius 1 is 0.860 bits per heavy atom. The van der Waals surface area contributed by atoms with Crippen molar-refractivity contribution in [2.24, 2.45) is 11.8 Å². The number of carbonyl (C=O) groups is 1. The third-order valence-corrected chi connectivity index (χ3v) is 7.97. The fraction of sp³-hybridized carbons (Fsp3) is 0.333. The van der Waals surface area contributed by atoms with E-state index < -0.39 is 0 Å². The fourth-order valence-electron chi connectivity index (χ4n) is 5.36. The van der Waals surface area contributed by atoms with Gasteiger partial charge in [0, 0.05) is 49.9 Å². The van der Waals surface area contributed by atoms with E-state index in [9.17, 15) is 9.90 Å². The number of ketones is 1. The van der Waals surface area contributed by atoms with Gasteiger partial charge in [-0.1, -0.05) is 93.2 Å². The van der Waals surface area contributed by atoms with E-state index in [-0.39, 0.29) is 43.5 Å². The number of benzene rings is 3. The van der Waals surface area contributed by atoms with E-state index in [0.29, 0.717) is 0 Å². The van der Waals surface area contributed by atoms with E-state index >= 15 is 0 Å². The van der Waals surface area contributed by atoms with Crippen LogP contribution in [0.1, 0.15) is 65.0 Å². The first-order valence-electron chi connectivity index (χ1n) is 14.9. The van der Waals surface area contributed by atoms with Gasteiger partial charge in [0.25, 0.3) is 0 Å². The summed E-state index contributed by atoms with van der Waals surface area (Å²) >= 11 is 0. The number of pyridine rings is 1. The molecule has 0 amide bonds. The molecule has 0 saturated carbocycles. The van der Waals surface area contributed by atoms with Crippen LogP contribution in [-0.4, -0.2) is 30.6 Å². The van der Waals surface area contributed by atoms with Crippen molar-refractivity contribution in [3.63, 3.8) is 0 Å². The zero-order valence-electron chi connectivity index (χ0n) is 25.9. The minimum absolute atomic E-state index is 0. The summed E-state index contributed by atoms with van der Waals surface area (Å²) < 4.78 is 2.08. The number of hydrogen-bond acceptors (Lipinski definition) is 5. The Kier molecular flexibility index (Phi) is 12.3. The molecule has 0 bridgehead atoms. The average Bonchev–Trinajstić information content (AvgIpc) is 3.35. The molecule has 0 aliphatic carbocycles. The molecule has 0 unspecified atom stereocenters. The van der Waals surface area contributed by atoms with E-state index in [2.05, 4.69) is 62.2 Å². The van der Waals surface area contributed by atoms with Gasteiger partial charge >= 0.3 is 0 Å². The number of aliphatic hydroxyl groups excluding tert-OH is 1. The van der Waals surface area contributed by atoms with Crippen LogP contribution in [0.5, 0.6) is 0 Å². The Morgan fingerprint density at radius 2 is 1.44 bits per heavy atom. The molecule has 1 N–H and O–H groups in total. The fourth-order valence-corrected chi connectivity index (χ4v) is 5.36. The van der Waals surface area contributed by atoms with Crippen molar-refractivity contribution in [1.82, 2.24) is 19.7 Å². The second kappa shape index (κ2) is 15.7. The Hall–Kier alpha value is -3.67. The van der Waals surface area contributed by atoms with Gasteiger partial charge in [0.1, 0.15) is 11.6 Å². The number of allylic oxidation sites excluding steroid dienone is 2. The van der Waals surface area contributed by atoms with E-state index in [1.807, 2.05) is 72.0 Å². The molecule has 0 fully saturated rings. The van der Waals surface area contributed by atoms with Gasteiger partial charge in [-0.05, 0) is 56.0 Å². The number of carbonyl (C=O) groups excluding carboxylic acids is 1. The summed E-state index contributed by atoms with van der Waals surface area (Å²) in [7, 11) is 0. The van der Waals surface area contributed by atoms with Crippen LogP contribution in [0.15, 0.2) is 78.7 Å². The molecule has 2 aromatic heterocycles. The second-order valence-electron chi connectivity index (χ2n) is 10.7. The van der Waals surface area contributed by atoms with Crippen molar-refractivity contribution in [1.29, 1.82) is 0 Å². The zero-order chi connectivity index (χ0) is 30.2. The predicted molar refractivity (Wildman–Crippen MR) is 172 cm³/mol.